The summed E-state index contributed by atoms with van der Waals surface area (Å²) in [5.41, 5.74) is 0.655. The van der Waals surface area contributed by atoms with Gasteiger partial charge in [0, 0.05) is 5.56 Å². The number of aromatic nitrogens is 2. The summed E-state index contributed by atoms with van der Waals surface area (Å²) in [4.78, 5) is 7.65. The number of halogens is 1. The molecule has 0 atom stereocenters. The monoisotopic (exact) mass is 229 g/mol. The van der Waals surface area contributed by atoms with Gasteiger partial charge in [-0.25, -0.2) is 14.4 Å². The van der Waals surface area contributed by atoms with Crippen LogP contribution in [0.2, 0.25) is 0 Å². The molecule has 0 aliphatic rings. The van der Waals surface area contributed by atoms with Crippen LogP contribution in [0.4, 0.5) is 4.39 Å². The number of hydrogen-bond acceptors (Lipinski definition) is 4. The molecular weight excluding hydrogens is 221 g/mol. The van der Waals surface area contributed by atoms with Crippen molar-refractivity contribution in [2.24, 2.45) is 0 Å². The molecule has 0 bridgehead atoms. The molecule has 1 aromatic heterocycles. The highest BCUT2D eigenvalue weighted by molar-refractivity contribution is 5.20. The average molecular weight is 229 g/mol. The lowest BCUT2D eigenvalue weighted by Gasteiger charge is -2.05. The van der Waals surface area contributed by atoms with E-state index in [2.05, 4.69) is 9.97 Å². The number of nitrogens with zero attached hydrogens (tertiary/aromatic N) is 3. The normalized spacial score (nSPS) is 9.65. The molecule has 0 N–H and O–H groups in total. The first-order valence-corrected chi connectivity index (χ1v) is 4.88. The van der Waals surface area contributed by atoms with Crippen molar-refractivity contribution in [3.05, 3.63) is 53.7 Å². The number of hydrogen-bond donors (Lipinski definition) is 0. The minimum absolute atomic E-state index is 0.0766. The largest absolute Gasteiger partial charge is 0.472 e. The van der Waals surface area contributed by atoms with Crippen LogP contribution in [0, 0.1) is 17.1 Å². The third-order valence-electron chi connectivity index (χ3n) is 2.08. The zero-order chi connectivity index (χ0) is 12.1. The molecule has 0 amide bonds. The molecule has 0 radical (unpaired) electrons. The molecule has 0 aliphatic carbocycles. The molecule has 2 rings (SSSR count). The van der Waals surface area contributed by atoms with Crippen molar-refractivity contribution in [1.82, 2.24) is 9.97 Å². The Labute approximate surface area is 97.3 Å². The van der Waals surface area contributed by atoms with Crippen molar-refractivity contribution in [3.8, 4) is 11.9 Å². The quantitative estimate of drug-likeness (QED) is 0.808. The van der Waals surface area contributed by atoms with Gasteiger partial charge in [0.25, 0.3) is 0 Å². The maximum Gasteiger partial charge on any atom is 0.232 e. The molecular formula is C12H8FN3O. The maximum absolute atomic E-state index is 13.3. The summed E-state index contributed by atoms with van der Waals surface area (Å²) in [5.74, 6) is -0.0682. The van der Waals surface area contributed by atoms with E-state index in [-0.39, 0.29) is 24.0 Å². The van der Waals surface area contributed by atoms with Crippen molar-refractivity contribution in [2.75, 3.05) is 0 Å². The molecule has 0 fully saturated rings. The summed E-state index contributed by atoms with van der Waals surface area (Å²) < 4.78 is 18.5. The highest BCUT2D eigenvalue weighted by Gasteiger charge is 2.02. The van der Waals surface area contributed by atoms with Crippen LogP contribution < -0.4 is 4.74 Å². The van der Waals surface area contributed by atoms with Gasteiger partial charge < -0.3 is 4.74 Å². The van der Waals surface area contributed by atoms with Crippen LogP contribution in [0.3, 0.4) is 0 Å². The first kappa shape index (κ1) is 11.0. The van der Waals surface area contributed by atoms with E-state index in [0.29, 0.717) is 5.56 Å². The summed E-state index contributed by atoms with van der Waals surface area (Å²) in [7, 11) is 0. The van der Waals surface area contributed by atoms with Gasteiger partial charge in [0.2, 0.25) is 5.88 Å². The van der Waals surface area contributed by atoms with Crippen LogP contribution in [0.1, 0.15) is 11.3 Å². The average Bonchev–Trinajstić information content (AvgIpc) is 2.38. The molecule has 4 nitrogen and oxygen atoms in total. The predicted molar refractivity (Wildman–Crippen MR) is 57.5 cm³/mol. The Kier molecular flexibility index (Phi) is 3.26. The van der Waals surface area contributed by atoms with Gasteiger partial charge in [-0.15, -0.1) is 0 Å². The van der Waals surface area contributed by atoms with Crippen molar-refractivity contribution in [1.29, 1.82) is 5.26 Å². The third kappa shape index (κ3) is 2.75. The van der Waals surface area contributed by atoms with Crippen LogP contribution in [-0.2, 0) is 6.61 Å². The molecule has 0 aliphatic heterocycles. The lowest BCUT2D eigenvalue weighted by molar-refractivity contribution is 0.286. The van der Waals surface area contributed by atoms with Crippen molar-refractivity contribution >= 4 is 0 Å². The third-order valence-corrected chi connectivity index (χ3v) is 2.08. The SMILES string of the molecule is N#Cc1cnc(OCc2ccccc2F)cn1. The topological polar surface area (TPSA) is 58.8 Å². The number of rotatable bonds is 3. The van der Waals surface area contributed by atoms with Gasteiger partial charge in [-0.3, -0.25) is 0 Å². The zero-order valence-corrected chi connectivity index (χ0v) is 8.80. The molecule has 5 heteroatoms. The first-order valence-electron chi connectivity index (χ1n) is 4.88. The van der Waals surface area contributed by atoms with Crippen LogP contribution in [-0.4, -0.2) is 9.97 Å². The zero-order valence-electron chi connectivity index (χ0n) is 8.80. The fourth-order valence-electron chi connectivity index (χ4n) is 1.22. The van der Waals surface area contributed by atoms with Gasteiger partial charge in [0.15, 0.2) is 5.69 Å². The Morgan fingerprint density at radius 1 is 1.24 bits per heavy atom. The van der Waals surface area contributed by atoms with E-state index in [4.69, 9.17) is 10.00 Å². The van der Waals surface area contributed by atoms with E-state index >= 15 is 0 Å². The lowest BCUT2D eigenvalue weighted by atomic mass is 10.2. The van der Waals surface area contributed by atoms with Crippen molar-refractivity contribution < 1.29 is 9.13 Å². The minimum atomic E-state index is -0.325. The Morgan fingerprint density at radius 3 is 2.71 bits per heavy atom. The van der Waals surface area contributed by atoms with Gasteiger partial charge in [0.1, 0.15) is 18.5 Å². The molecule has 0 saturated carbocycles. The van der Waals surface area contributed by atoms with Crippen molar-refractivity contribution in [3.63, 3.8) is 0 Å². The standard InChI is InChI=1S/C12H8FN3O/c13-11-4-2-1-3-9(11)8-17-12-7-15-10(5-14)6-16-12/h1-4,6-7H,8H2. The Bertz CT molecular complexity index is 548. The molecule has 2 aromatic rings. The number of benzene rings is 1. The number of nitriles is 1. The summed E-state index contributed by atoms with van der Waals surface area (Å²) >= 11 is 0. The summed E-state index contributed by atoms with van der Waals surface area (Å²) in [6.45, 7) is 0.0766. The number of ether oxygens (including phenoxy) is 1. The molecule has 84 valence electrons. The lowest BCUT2D eigenvalue weighted by Crippen LogP contribution is -2.00. The second kappa shape index (κ2) is 5.03. The van der Waals surface area contributed by atoms with E-state index in [9.17, 15) is 4.39 Å². The Balaban J connectivity index is 2.03. The van der Waals surface area contributed by atoms with Gasteiger partial charge in [-0.05, 0) is 6.07 Å². The fraction of sp³-hybridized carbons (Fsp3) is 0.0833. The highest BCUT2D eigenvalue weighted by Crippen LogP contribution is 2.10. The van der Waals surface area contributed by atoms with Crippen molar-refractivity contribution in [2.45, 2.75) is 6.61 Å². The highest BCUT2D eigenvalue weighted by atomic mass is 19.1. The van der Waals surface area contributed by atoms with Crippen LogP contribution >= 0.6 is 0 Å². The summed E-state index contributed by atoms with van der Waals surface area (Å²) in [6, 6.07) is 8.18. The smallest absolute Gasteiger partial charge is 0.232 e. The van der Waals surface area contributed by atoms with E-state index in [1.54, 1.807) is 18.2 Å². The maximum atomic E-state index is 13.3. The van der Waals surface area contributed by atoms with Crippen LogP contribution in [0.25, 0.3) is 0 Å². The summed E-state index contributed by atoms with van der Waals surface area (Å²) in [5, 5.41) is 8.53. The Hall–Kier alpha value is -2.48. The first-order chi connectivity index (χ1) is 8.29. The molecule has 0 saturated heterocycles. The van der Waals surface area contributed by atoms with Gasteiger partial charge in [0.05, 0.1) is 12.4 Å². The van der Waals surface area contributed by atoms with Gasteiger partial charge in [-0.2, -0.15) is 5.26 Å². The van der Waals surface area contributed by atoms with E-state index in [0.717, 1.165) is 0 Å². The Morgan fingerprint density at radius 2 is 2.06 bits per heavy atom. The second-order valence-electron chi connectivity index (χ2n) is 3.23. The predicted octanol–water partition coefficient (Wildman–Crippen LogP) is 2.07. The molecule has 0 spiro atoms. The molecule has 1 heterocycles. The molecule has 1 aromatic carbocycles. The van der Waals surface area contributed by atoms with Gasteiger partial charge >= 0.3 is 0 Å². The van der Waals surface area contributed by atoms with E-state index in [1.165, 1.54) is 18.5 Å². The van der Waals surface area contributed by atoms with Crippen LogP contribution in [0.5, 0.6) is 5.88 Å². The fourth-order valence-corrected chi connectivity index (χ4v) is 1.22. The van der Waals surface area contributed by atoms with E-state index < -0.39 is 0 Å². The second-order valence-corrected chi connectivity index (χ2v) is 3.23. The molecule has 0 unspecified atom stereocenters. The molecule has 17 heavy (non-hydrogen) atoms. The summed E-state index contributed by atoms with van der Waals surface area (Å²) in [6.07, 6.45) is 2.64. The van der Waals surface area contributed by atoms with Crippen LogP contribution in [0.15, 0.2) is 36.7 Å². The van der Waals surface area contributed by atoms with E-state index in [1.807, 2.05) is 6.07 Å². The minimum Gasteiger partial charge on any atom is -0.472 e. The van der Waals surface area contributed by atoms with Gasteiger partial charge in [-0.1, -0.05) is 18.2 Å².